The number of aromatic nitrogens is 1. The Morgan fingerprint density at radius 1 is 1.00 bits per heavy atom. The van der Waals surface area contributed by atoms with E-state index in [4.69, 9.17) is 4.74 Å². The number of carbonyl (C=O) groups is 2. The van der Waals surface area contributed by atoms with Gasteiger partial charge in [-0.3, -0.25) is 9.59 Å². The number of pyridine rings is 1. The van der Waals surface area contributed by atoms with Crippen molar-refractivity contribution in [1.82, 2.24) is 9.88 Å². The van der Waals surface area contributed by atoms with Crippen LogP contribution in [0.2, 0.25) is 0 Å². The van der Waals surface area contributed by atoms with E-state index in [2.05, 4.69) is 24.1 Å². The van der Waals surface area contributed by atoms with Crippen LogP contribution < -0.4 is 4.74 Å². The van der Waals surface area contributed by atoms with Crippen LogP contribution in [0.1, 0.15) is 52.5 Å². The van der Waals surface area contributed by atoms with Gasteiger partial charge in [-0.2, -0.15) is 0 Å². The van der Waals surface area contributed by atoms with Crippen molar-refractivity contribution in [2.24, 2.45) is 5.92 Å². The zero-order valence-corrected chi connectivity index (χ0v) is 19.1. The maximum Gasteiger partial charge on any atom is 0.263 e. The Morgan fingerprint density at radius 2 is 1.82 bits per heavy atom. The SMILES string of the molecule is CC1C=CC2=C(C1)N(C(=O)c1cccnc1Oc1cccc(C(=O)c3ccccc3)c1)CCC2. The second-order valence-electron chi connectivity index (χ2n) is 8.75. The summed E-state index contributed by atoms with van der Waals surface area (Å²) in [5.41, 5.74) is 3.89. The number of ether oxygens (including phenoxy) is 1. The number of rotatable bonds is 5. The van der Waals surface area contributed by atoms with Gasteiger partial charge in [-0.05, 0) is 55.0 Å². The Bertz CT molecular complexity index is 1290. The fourth-order valence-corrected chi connectivity index (χ4v) is 4.53. The lowest BCUT2D eigenvalue weighted by atomic mass is 9.89. The van der Waals surface area contributed by atoms with Gasteiger partial charge in [-0.1, -0.05) is 61.5 Å². The highest BCUT2D eigenvalue weighted by Gasteiger charge is 2.29. The van der Waals surface area contributed by atoms with Crippen LogP contribution in [0, 0.1) is 5.92 Å². The molecule has 0 saturated heterocycles. The first-order valence-electron chi connectivity index (χ1n) is 11.6. The topological polar surface area (TPSA) is 59.5 Å². The average molecular weight is 451 g/mol. The minimum absolute atomic E-state index is 0.0874. The van der Waals surface area contributed by atoms with Gasteiger partial charge in [-0.15, -0.1) is 0 Å². The summed E-state index contributed by atoms with van der Waals surface area (Å²) in [6.45, 7) is 2.85. The predicted octanol–water partition coefficient (Wildman–Crippen LogP) is 6.19. The number of nitrogens with zero attached hydrogens (tertiary/aromatic N) is 2. The van der Waals surface area contributed by atoms with E-state index < -0.39 is 0 Å². The van der Waals surface area contributed by atoms with Gasteiger partial charge in [0.2, 0.25) is 5.88 Å². The van der Waals surface area contributed by atoms with Crippen molar-refractivity contribution in [3.8, 4) is 11.6 Å². The Kier molecular flexibility index (Phi) is 6.09. The molecule has 1 atom stereocenters. The van der Waals surface area contributed by atoms with Crippen molar-refractivity contribution in [3.05, 3.63) is 113 Å². The maximum atomic E-state index is 13.6. The van der Waals surface area contributed by atoms with E-state index in [1.54, 1.807) is 54.7 Å². The Hall–Kier alpha value is -3.99. The molecule has 34 heavy (non-hydrogen) atoms. The number of hydrogen-bond donors (Lipinski definition) is 0. The van der Waals surface area contributed by atoms with E-state index in [0.29, 0.717) is 34.9 Å². The third-order valence-corrected chi connectivity index (χ3v) is 6.26. The standard InChI is InChI=1S/C29H26N2O3/c1-20-14-15-21-11-7-17-31(26(21)18-20)29(33)25-13-6-16-30-28(25)34-24-12-5-10-23(19-24)27(32)22-8-3-2-4-9-22/h2-6,8-10,12-16,19-20H,7,11,17-18H2,1H3. The highest BCUT2D eigenvalue weighted by molar-refractivity contribution is 6.09. The lowest BCUT2D eigenvalue weighted by Crippen LogP contribution is -2.36. The lowest BCUT2D eigenvalue weighted by Gasteiger charge is -2.34. The molecule has 2 aliphatic rings. The Labute approximate surface area is 199 Å². The second-order valence-corrected chi connectivity index (χ2v) is 8.75. The molecule has 5 rings (SSSR count). The van der Waals surface area contributed by atoms with Crippen molar-refractivity contribution in [3.63, 3.8) is 0 Å². The van der Waals surface area contributed by atoms with Gasteiger partial charge in [0, 0.05) is 29.6 Å². The maximum absolute atomic E-state index is 13.6. The summed E-state index contributed by atoms with van der Waals surface area (Å²) in [7, 11) is 0. The van der Waals surface area contributed by atoms with Gasteiger partial charge in [-0.25, -0.2) is 4.98 Å². The van der Waals surface area contributed by atoms with E-state index in [9.17, 15) is 9.59 Å². The molecule has 2 aromatic carbocycles. The van der Waals surface area contributed by atoms with E-state index in [1.807, 2.05) is 23.1 Å². The minimum Gasteiger partial charge on any atom is -0.438 e. The molecule has 0 spiro atoms. The van der Waals surface area contributed by atoms with E-state index in [1.165, 1.54) is 5.57 Å². The zero-order valence-electron chi connectivity index (χ0n) is 19.1. The molecular formula is C29H26N2O3. The molecule has 170 valence electrons. The van der Waals surface area contributed by atoms with Crippen molar-refractivity contribution in [1.29, 1.82) is 0 Å². The molecular weight excluding hydrogens is 424 g/mol. The third-order valence-electron chi connectivity index (χ3n) is 6.26. The number of allylic oxidation sites excluding steroid dienone is 4. The number of ketones is 1. The molecule has 0 bridgehead atoms. The lowest BCUT2D eigenvalue weighted by molar-refractivity contribution is 0.0782. The van der Waals surface area contributed by atoms with Crippen LogP contribution in [0.15, 0.2) is 96.3 Å². The molecule has 5 heteroatoms. The quantitative estimate of drug-likeness (QED) is 0.435. The summed E-state index contributed by atoms with van der Waals surface area (Å²) in [4.78, 5) is 32.7. The van der Waals surface area contributed by atoms with E-state index in [-0.39, 0.29) is 17.6 Å². The van der Waals surface area contributed by atoms with Crippen LogP contribution in [0.4, 0.5) is 0 Å². The monoisotopic (exact) mass is 450 g/mol. The van der Waals surface area contributed by atoms with Crippen LogP contribution in [0.3, 0.4) is 0 Å². The number of benzene rings is 2. The molecule has 0 radical (unpaired) electrons. The summed E-state index contributed by atoms with van der Waals surface area (Å²) in [6, 6.07) is 19.6. The fourth-order valence-electron chi connectivity index (χ4n) is 4.53. The van der Waals surface area contributed by atoms with Gasteiger partial charge in [0.25, 0.3) is 5.91 Å². The number of hydrogen-bond acceptors (Lipinski definition) is 4. The molecule has 5 nitrogen and oxygen atoms in total. The molecule has 2 heterocycles. The normalized spacial score (nSPS) is 17.3. The number of carbonyl (C=O) groups excluding carboxylic acids is 2. The van der Waals surface area contributed by atoms with Crippen molar-refractivity contribution in [2.45, 2.75) is 26.2 Å². The largest absolute Gasteiger partial charge is 0.438 e. The zero-order chi connectivity index (χ0) is 23.5. The molecule has 1 amide bonds. The summed E-state index contributed by atoms with van der Waals surface area (Å²) < 4.78 is 6.06. The van der Waals surface area contributed by atoms with E-state index >= 15 is 0 Å². The van der Waals surface area contributed by atoms with Crippen LogP contribution in [0.25, 0.3) is 0 Å². The van der Waals surface area contributed by atoms with Gasteiger partial charge in [0.1, 0.15) is 11.3 Å². The number of amides is 1. The van der Waals surface area contributed by atoms with Gasteiger partial charge >= 0.3 is 0 Å². The van der Waals surface area contributed by atoms with Crippen molar-refractivity contribution >= 4 is 11.7 Å². The van der Waals surface area contributed by atoms with Crippen molar-refractivity contribution < 1.29 is 14.3 Å². The van der Waals surface area contributed by atoms with Crippen LogP contribution in [-0.4, -0.2) is 28.1 Å². The van der Waals surface area contributed by atoms with Crippen LogP contribution in [-0.2, 0) is 0 Å². The highest BCUT2D eigenvalue weighted by Crippen LogP contribution is 2.35. The summed E-state index contributed by atoms with van der Waals surface area (Å²) in [6.07, 6.45) is 8.79. The molecule has 1 aliphatic carbocycles. The molecule has 0 N–H and O–H groups in total. The Balaban J connectivity index is 1.42. The summed E-state index contributed by atoms with van der Waals surface area (Å²) >= 11 is 0. The van der Waals surface area contributed by atoms with Crippen LogP contribution in [0.5, 0.6) is 11.6 Å². The summed E-state index contributed by atoms with van der Waals surface area (Å²) in [5, 5.41) is 0. The molecule has 0 saturated carbocycles. The van der Waals surface area contributed by atoms with E-state index in [0.717, 1.165) is 25.0 Å². The Morgan fingerprint density at radius 3 is 2.68 bits per heavy atom. The average Bonchev–Trinajstić information content (AvgIpc) is 2.88. The predicted molar refractivity (Wildman–Crippen MR) is 131 cm³/mol. The molecule has 1 aliphatic heterocycles. The van der Waals surface area contributed by atoms with Gasteiger partial charge in [0.15, 0.2) is 5.78 Å². The van der Waals surface area contributed by atoms with Gasteiger partial charge in [0.05, 0.1) is 0 Å². The van der Waals surface area contributed by atoms with Crippen molar-refractivity contribution in [2.75, 3.05) is 6.54 Å². The van der Waals surface area contributed by atoms with Gasteiger partial charge < -0.3 is 9.64 Å². The molecule has 1 unspecified atom stereocenters. The fraction of sp³-hybridized carbons (Fsp3) is 0.207. The smallest absolute Gasteiger partial charge is 0.263 e. The first-order valence-corrected chi connectivity index (χ1v) is 11.6. The molecule has 1 aromatic heterocycles. The molecule has 0 fully saturated rings. The highest BCUT2D eigenvalue weighted by atomic mass is 16.5. The summed E-state index contributed by atoms with van der Waals surface area (Å²) in [5.74, 6) is 0.915. The second kappa shape index (κ2) is 9.48. The first kappa shape index (κ1) is 21.8. The minimum atomic E-state index is -0.102. The molecule has 3 aromatic rings. The third kappa shape index (κ3) is 4.42. The van der Waals surface area contributed by atoms with Crippen LogP contribution >= 0.6 is 0 Å². The first-order chi connectivity index (χ1) is 16.6.